The van der Waals surface area contributed by atoms with Crippen LogP contribution in [0.25, 0.3) is 0 Å². The van der Waals surface area contributed by atoms with Crippen LogP contribution in [-0.4, -0.2) is 16.0 Å². The lowest BCUT2D eigenvalue weighted by Crippen LogP contribution is -2.16. The average Bonchev–Trinajstić information content (AvgIpc) is 3.25. The minimum Gasteiger partial charge on any atom is -0.438 e. The Morgan fingerprint density at radius 3 is 2.58 bits per heavy atom. The van der Waals surface area contributed by atoms with Crippen molar-refractivity contribution in [3.8, 4) is 11.6 Å². The van der Waals surface area contributed by atoms with E-state index >= 15 is 0 Å². The summed E-state index contributed by atoms with van der Waals surface area (Å²) in [6.07, 6.45) is 5.91. The summed E-state index contributed by atoms with van der Waals surface area (Å²) in [6.45, 7) is 0.763. The molecule has 1 heterocycles. The van der Waals surface area contributed by atoms with Crippen molar-refractivity contribution in [1.29, 1.82) is 0 Å². The molecule has 1 aromatic carbocycles. The summed E-state index contributed by atoms with van der Waals surface area (Å²) in [5, 5.41) is 4.07. The summed E-state index contributed by atoms with van der Waals surface area (Å²) in [7, 11) is 0. The Morgan fingerprint density at radius 1 is 1.16 bits per heavy atom. The van der Waals surface area contributed by atoms with Gasteiger partial charge < -0.3 is 10.1 Å². The average molecular weight is 276 g/mol. The van der Waals surface area contributed by atoms with E-state index in [4.69, 9.17) is 16.3 Å². The summed E-state index contributed by atoms with van der Waals surface area (Å²) >= 11 is 5.81. The molecule has 3 rings (SSSR count). The molecular formula is C14H14ClN3O. The van der Waals surface area contributed by atoms with Gasteiger partial charge in [-0.1, -0.05) is 11.6 Å². The van der Waals surface area contributed by atoms with Gasteiger partial charge in [0.05, 0.1) is 18.1 Å². The van der Waals surface area contributed by atoms with Crippen LogP contribution in [0.5, 0.6) is 11.6 Å². The summed E-state index contributed by atoms with van der Waals surface area (Å²) in [5.41, 5.74) is 0.926. The molecule has 0 aliphatic heterocycles. The highest BCUT2D eigenvalue weighted by molar-refractivity contribution is 6.30. The summed E-state index contributed by atoms with van der Waals surface area (Å²) in [6, 6.07) is 7.82. The molecule has 4 nitrogen and oxygen atoms in total. The third kappa shape index (κ3) is 3.66. The Labute approximate surface area is 116 Å². The highest BCUT2D eigenvalue weighted by atomic mass is 35.5. The molecule has 0 bridgehead atoms. The van der Waals surface area contributed by atoms with Crippen molar-refractivity contribution in [2.75, 3.05) is 0 Å². The monoisotopic (exact) mass is 275 g/mol. The third-order valence-corrected chi connectivity index (χ3v) is 3.12. The van der Waals surface area contributed by atoms with Crippen LogP contribution in [0.4, 0.5) is 0 Å². The van der Waals surface area contributed by atoms with Gasteiger partial charge in [-0.25, -0.2) is 4.98 Å². The van der Waals surface area contributed by atoms with E-state index in [-0.39, 0.29) is 0 Å². The van der Waals surface area contributed by atoms with E-state index < -0.39 is 0 Å². The molecular weight excluding hydrogens is 262 g/mol. The molecule has 0 saturated heterocycles. The molecule has 5 heteroatoms. The van der Waals surface area contributed by atoms with Gasteiger partial charge in [-0.2, -0.15) is 0 Å². The van der Waals surface area contributed by atoms with Crippen molar-refractivity contribution in [3.05, 3.63) is 47.4 Å². The fourth-order valence-corrected chi connectivity index (χ4v) is 1.77. The Balaban J connectivity index is 1.59. The fourth-order valence-electron chi connectivity index (χ4n) is 1.65. The number of nitrogens with one attached hydrogen (secondary N) is 1. The molecule has 19 heavy (non-hydrogen) atoms. The summed E-state index contributed by atoms with van der Waals surface area (Å²) in [5.74, 6) is 1.18. The van der Waals surface area contributed by atoms with Gasteiger partial charge in [0.25, 0.3) is 0 Å². The quantitative estimate of drug-likeness (QED) is 0.910. The van der Waals surface area contributed by atoms with E-state index in [1.807, 2.05) is 0 Å². The first-order chi connectivity index (χ1) is 9.29. The van der Waals surface area contributed by atoms with Gasteiger partial charge in [-0.15, -0.1) is 0 Å². The van der Waals surface area contributed by atoms with Gasteiger partial charge >= 0.3 is 0 Å². The highest BCUT2D eigenvalue weighted by Crippen LogP contribution is 2.21. The number of nitrogens with zero attached hydrogens (tertiary/aromatic N) is 2. The number of rotatable bonds is 5. The minimum atomic E-state index is 0.484. The maximum absolute atomic E-state index is 5.81. The van der Waals surface area contributed by atoms with Gasteiger partial charge in [0.15, 0.2) is 0 Å². The molecule has 98 valence electrons. The SMILES string of the molecule is Clc1ccc(Oc2cnc(CNC3CC3)cn2)cc1. The normalized spacial score (nSPS) is 14.4. The summed E-state index contributed by atoms with van der Waals surface area (Å²) < 4.78 is 5.57. The molecule has 0 spiro atoms. The minimum absolute atomic E-state index is 0.484. The van der Waals surface area contributed by atoms with E-state index in [1.54, 1.807) is 36.7 Å². The molecule has 0 unspecified atom stereocenters. The first kappa shape index (κ1) is 12.4. The molecule has 0 amide bonds. The van der Waals surface area contributed by atoms with E-state index in [2.05, 4.69) is 15.3 Å². The lowest BCUT2D eigenvalue weighted by atomic mass is 10.3. The molecule has 1 saturated carbocycles. The number of ether oxygens (including phenoxy) is 1. The largest absolute Gasteiger partial charge is 0.438 e. The van der Waals surface area contributed by atoms with Crippen molar-refractivity contribution < 1.29 is 4.74 Å². The van der Waals surface area contributed by atoms with Crippen LogP contribution >= 0.6 is 11.6 Å². The number of benzene rings is 1. The van der Waals surface area contributed by atoms with Crippen LogP contribution < -0.4 is 10.1 Å². The number of hydrogen-bond acceptors (Lipinski definition) is 4. The Bertz CT molecular complexity index is 538. The van der Waals surface area contributed by atoms with E-state index in [0.717, 1.165) is 12.2 Å². The van der Waals surface area contributed by atoms with E-state index in [9.17, 15) is 0 Å². The van der Waals surface area contributed by atoms with Crippen molar-refractivity contribution in [3.63, 3.8) is 0 Å². The zero-order valence-electron chi connectivity index (χ0n) is 10.3. The number of halogens is 1. The molecule has 1 aliphatic carbocycles. The predicted octanol–water partition coefficient (Wildman–Crippen LogP) is 3.17. The standard InChI is InChI=1S/C14H14ClN3O/c15-10-1-5-13(6-2-10)19-14-9-17-12(8-18-14)7-16-11-3-4-11/h1-2,5-6,8-9,11,16H,3-4,7H2. The van der Waals surface area contributed by atoms with Crippen molar-refractivity contribution in [2.45, 2.75) is 25.4 Å². The second-order valence-corrected chi connectivity index (χ2v) is 4.99. The molecule has 1 fully saturated rings. The van der Waals surface area contributed by atoms with Crippen LogP contribution in [0.2, 0.25) is 5.02 Å². The molecule has 0 atom stereocenters. The zero-order valence-corrected chi connectivity index (χ0v) is 11.1. The molecule has 1 aliphatic rings. The van der Waals surface area contributed by atoms with Crippen LogP contribution in [0, 0.1) is 0 Å². The predicted molar refractivity (Wildman–Crippen MR) is 73.4 cm³/mol. The van der Waals surface area contributed by atoms with E-state index in [0.29, 0.717) is 22.7 Å². The Hall–Kier alpha value is -1.65. The van der Waals surface area contributed by atoms with Crippen LogP contribution in [0.1, 0.15) is 18.5 Å². The van der Waals surface area contributed by atoms with E-state index in [1.165, 1.54) is 12.8 Å². The smallest absolute Gasteiger partial charge is 0.237 e. The first-order valence-corrected chi connectivity index (χ1v) is 6.65. The Morgan fingerprint density at radius 2 is 1.95 bits per heavy atom. The Kier molecular flexibility index (Phi) is 3.62. The van der Waals surface area contributed by atoms with Crippen molar-refractivity contribution >= 4 is 11.6 Å². The van der Waals surface area contributed by atoms with Crippen LogP contribution in [0.15, 0.2) is 36.7 Å². The molecule has 0 radical (unpaired) electrons. The number of hydrogen-bond donors (Lipinski definition) is 1. The summed E-state index contributed by atoms with van der Waals surface area (Å²) in [4.78, 5) is 8.55. The third-order valence-electron chi connectivity index (χ3n) is 2.87. The molecule has 1 N–H and O–H groups in total. The number of aromatic nitrogens is 2. The van der Waals surface area contributed by atoms with Crippen LogP contribution in [-0.2, 0) is 6.54 Å². The lowest BCUT2D eigenvalue weighted by molar-refractivity contribution is 0.458. The highest BCUT2D eigenvalue weighted by Gasteiger charge is 2.20. The molecule has 2 aromatic rings. The van der Waals surface area contributed by atoms with Gasteiger partial charge in [0, 0.05) is 17.6 Å². The van der Waals surface area contributed by atoms with Crippen molar-refractivity contribution in [2.24, 2.45) is 0 Å². The van der Waals surface area contributed by atoms with Gasteiger partial charge in [-0.05, 0) is 37.1 Å². The first-order valence-electron chi connectivity index (χ1n) is 6.27. The lowest BCUT2D eigenvalue weighted by Gasteiger charge is -2.05. The zero-order chi connectivity index (χ0) is 13.1. The second-order valence-electron chi connectivity index (χ2n) is 4.56. The second kappa shape index (κ2) is 5.55. The van der Waals surface area contributed by atoms with Gasteiger partial charge in [0.1, 0.15) is 5.75 Å². The maximum atomic E-state index is 5.81. The van der Waals surface area contributed by atoms with Gasteiger partial charge in [0.2, 0.25) is 5.88 Å². The van der Waals surface area contributed by atoms with Crippen LogP contribution in [0.3, 0.4) is 0 Å². The van der Waals surface area contributed by atoms with Gasteiger partial charge in [-0.3, -0.25) is 4.98 Å². The molecule has 1 aromatic heterocycles. The fraction of sp³-hybridized carbons (Fsp3) is 0.286. The topological polar surface area (TPSA) is 47.0 Å². The maximum Gasteiger partial charge on any atom is 0.237 e. The van der Waals surface area contributed by atoms with Crippen molar-refractivity contribution in [1.82, 2.24) is 15.3 Å².